The average molecular weight is 226 g/mol. The van der Waals surface area contributed by atoms with Crippen LogP contribution in [-0.4, -0.2) is 36.8 Å². The van der Waals surface area contributed by atoms with Crippen molar-refractivity contribution in [3.63, 3.8) is 0 Å². The first-order valence-corrected chi connectivity index (χ1v) is 5.28. The van der Waals surface area contributed by atoms with Crippen LogP contribution in [0.15, 0.2) is 18.2 Å². The summed E-state index contributed by atoms with van der Waals surface area (Å²) in [4.78, 5) is 1.88. The lowest BCUT2D eigenvalue weighted by Crippen LogP contribution is -2.36. The van der Waals surface area contributed by atoms with Crippen molar-refractivity contribution in [2.24, 2.45) is 5.73 Å². The Balaban J connectivity index is 3.06. The highest BCUT2D eigenvalue weighted by atomic mass is 19.1. The lowest BCUT2D eigenvalue weighted by atomic mass is 9.98. The highest BCUT2D eigenvalue weighted by Crippen LogP contribution is 2.23. The smallest absolute Gasteiger partial charge is 0.126 e. The summed E-state index contributed by atoms with van der Waals surface area (Å²) in [7, 11) is 3.73. The molecule has 1 rings (SSSR count). The number of hydrogen-bond donors (Lipinski definition) is 2. The fraction of sp³-hybridized carbons (Fsp3) is 0.500. The summed E-state index contributed by atoms with van der Waals surface area (Å²) in [5.74, 6) is -0.233. The van der Waals surface area contributed by atoms with E-state index in [2.05, 4.69) is 0 Å². The lowest BCUT2D eigenvalue weighted by molar-refractivity contribution is 0.0823. The van der Waals surface area contributed by atoms with E-state index in [1.165, 1.54) is 6.07 Å². The first-order chi connectivity index (χ1) is 7.47. The van der Waals surface area contributed by atoms with E-state index < -0.39 is 6.10 Å². The predicted molar refractivity (Wildman–Crippen MR) is 62.6 cm³/mol. The van der Waals surface area contributed by atoms with Crippen LogP contribution in [0.3, 0.4) is 0 Å². The molecule has 2 atom stereocenters. The highest BCUT2D eigenvalue weighted by Gasteiger charge is 2.22. The molecule has 0 saturated carbocycles. The van der Waals surface area contributed by atoms with Gasteiger partial charge in [0, 0.05) is 6.54 Å². The van der Waals surface area contributed by atoms with E-state index in [4.69, 9.17) is 5.73 Å². The summed E-state index contributed by atoms with van der Waals surface area (Å²) in [5, 5.41) is 9.84. The number of rotatable bonds is 4. The normalized spacial score (nSPS) is 15.2. The predicted octanol–water partition coefficient (Wildman–Crippen LogP) is 1.06. The molecule has 3 nitrogen and oxygen atoms in total. The third kappa shape index (κ3) is 2.78. The van der Waals surface area contributed by atoms with Gasteiger partial charge in [-0.25, -0.2) is 4.39 Å². The van der Waals surface area contributed by atoms with Crippen molar-refractivity contribution in [1.29, 1.82) is 0 Å². The number of aliphatic hydroxyl groups excluding tert-OH is 1. The van der Waals surface area contributed by atoms with Crippen molar-refractivity contribution >= 4 is 0 Å². The lowest BCUT2D eigenvalue weighted by Gasteiger charge is -2.29. The van der Waals surface area contributed by atoms with Gasteiger partial charge in [0.2, 0.25) is 0 Å². The maximum Gasteiger partial charge on any atom is 0.126 e. The van der Waals surface area contributed by atoms with E-state index in [9.17, 15) is 9.50 Å². The Morgan fingerprint density at radius 1 is 1.44 bits per heavy atom. The maximum absolute atomic E-state index is 13.1. The molecule has 90 valence electrons. The number of hydrogen-bond acceptors (Lipinski definition) is 3. The Morgan fingerprint density at radius 2 is 2.06 bits per heavy atom. The Labute approximate surface area is 95.7 Å². The van der Waals surface area contributed by atoms with Gasteiger partial charge in [-0.05, 0) is 38.2 Å². The largest absolute Gasteiger partial charge is 0.390 e. The number of aryl methyl sites for hydroxylation is 1. The standard InChI is InChI=1S/C12H19FN2O/c1-8-6-9(4-5-10(8)13)12(15(2)3)11(16)7-14/h4-6,11-12,16H,7,14H2,1-3H3. The van der Waals surface area contributed by atoms with Gasteiger partial charge >= 0.3 is 0 Å². The molecule has 0 fully saturated rings. The summed E-state index contributed by atoms with van der Waals surface area (Å²) in [6, 6.07) is 4.65. The minimum absolute atomic E-state index is 0.180. The van der Waals surface area contributed by atoms with E-state index >= 15 is 0 Å². The molecule has 0 saturated heterocycles. The second kappa shape index (κ2) is 5.39. The third-order valence-electron chi connectivity index (χ3n) is 2.69. The van der Waals surface area contributed by atoms with Crippen molar-refractivity contribution in [2.75, 3.05) is 20.6 Å². The molecule has 16 heavy (non-hydrogen) atoms. The van der Waals surface area contributed by atoms with Gasteiger partial charge in [0.05, 0.1) is 12.1 Å². The molecular weight excluding hydrogens is 207 g/mol. The SMILES string of the molecule is Cc1cc(C(C(O)CN)N(C)C)ccc1F. The van der Waals surface area contributed by atoms with Gasteiger partial charge in [-0.2, -0.15) is 0 Å². The zero-order valence-corrected chi connectivity index (χ0v) is 9.94. The van der Waals surface area contributed by atoms with Crippen molar-refractivity contribution in [3.05, 3.63) is 35.1 Å². The van der Waals surface area contributed by atoms with Crippen LogP contribution in [0.2, 0.25) is 0 Å². The van der Waals surface area contributed by atoms with Crippen molar-refractivity contribution in [3.8, 4) is 0 Å². The minimum atomic E-state index is -0.653. The van der Waals surface area contributed by atoms with E-state index in [0.29, 0.717) is 5.56 Å². The van der Waals surface area contributed by atoms with Crippen LogP contribution in [0, 0.1) is 12.7 Å². The molecule has 0 heterocycles. The van der Waals surface area contributed by atoms with Gasteiger partial charge in [0.15, 0.2) is 0 Å². The molecule has 1 aromatic rings. The fourth-order valence-corrected chi connectivity index (χ4v) is 1.85. The molecular formula is C12H19FN2O. The Hall–Kier alpha value is -0.970. The molecule has 0 aliphatic carbocycles. The Kier molecular flexibility index (Phi) is 4.41. The van der Waals surface area contributed by atoms with Gasteiger partial charge in [0.25, 0.3) is 0 Å². The topological polar surface area (TPSA) is 49.5 Å². The zero-order chi connectivity index (χ0) is 12.3. The van der Waals surface area contributed by atoms with Crippen molar-refractivity contribution in [2.45, 2.75) is 19.1 Å². The Morgan fingerprint density at radius 3 is 2.50 bits per heavy atom. The van der Waals surface area contributed by atoms with Gasteiger partial charge < -0.3 is 15.7 Å². The van der Waals surface area contributed by atoms with E-state index in [-0.39, 0.29) is 18.4 Å². The molecule has 1 aromatic carbocycles. The van der Waals surface area contributed by atoms with Gasteiger partial charge in [-0.15, -0.1) is 0 Å². The first kappa shape index (κ1) is 13.1. The number of halogens is 1. The Bertz CT molecular complexity index is 355. The molecule has 0 spiro atoms. The molecule has 0 bridgehead atoms. The molecule has 4 heteroatoms. The van der Waals surface area contributed by atoms with Crippen LogP contribution in [0.4, 0.5) is 4.39 Å². The zero-order valence-electron chi connectivity index (χ0n) is 9.94. The van der Waals surface area contributed by atoms with Gasteiger partial charge in [-0.1, -0.05) is 12.1 Å². The van der Waals surface area contributed by atoms with Crippen LogP contribution in [0.25, 0.3) is 0 Å². The van der Waals surface area contributed by atoms with Crippen LogP contribution in [0.5, 0.6) is 0 Å². The van der Waals surface area contributed by atoms with Crippen LogP contribution < -0.4 is 5.73 Å². The number of likely N-dealkylation sites (N-methyl/N-ethyl adjacent to an activating group) is 1. The van der Waals surface area contributed by atoms with E-state index in [1.54, 1.807) is 19.1 Å². The number of nitrogens with zero attached hydrogens (tertiary/aromatic N) is 1. The van der Waals surface area contributed by atoms with Crippen LogP contribution in [0.1, 0.15) is 17.2 Å². The molecule has 0 radical (unpaired) electrons. The van der Waals surface area contributed by atoms with E-state index in [1.807, 2.05) is 19.0 Å². The number of aliphatic hydroxyl groups is 1. The molecule has 0 aliphatic heterocycles. The van der Waals surface area contributed by atoms with Crippen molar-refractivity contribution in [1.82, 2.24) is 4.90 Å². The summed E-state index contributed by atoms with van der Waals surface area (Å²) in [6.07, 6.45) is -0.653. The molecule has 3 N–H and O–H groups in total. The number of benzene rings is 1. The van der Waals surface area contributed by atoms with Crippen molar-refractivity contribution < 1.29 is 9.50 Å². The third-order valence-corrected chi connectivity index (χ3v) is 2.69. The van der Waals surface area contributed by atoms with E-state index in [0.717, 1.165) is 5.56 Å². The molecule has 0 aliphatic rings. The monoisotopic (exact) mass is 226 g/mol. The summed E-state index contributed by atoms with van der Waals surface area (Å²) < 4.78 is 13.1. The molecule has 0 amide bonds. The second-order valence-corrected chi connectivity index (χ2v) is 4.22. The van der Waals surface area contributed by atoms with Gasteiger partial charge in [0.1, 0.15) is 5.82 Å². The summed E-state index contributed by atoms with van der Waals surface area (Å²) >= 11 is 0. The summed E-state index contributed by atoms with van der Waals surface area (Å²) in [6.45, 7) is 1.89. The summed E-state index contributed by atoms with van der Waals surface area (Å²) in [5.41, 5.74) is 6.92. The van der Waals surface area contributed by atoms with Crippen LogP contribution in [-0.2, 0) is 0 Å². The maximum atomic E-state index is 13.1. The molecule has 0 aromatic heterocycles. The minimum Gasteiger partial charge on any atom is -0.390 e. The fourth-order valence-electron chi connectivity index (χ4n) is 1.85. The first-order valence-electron chi connectivity index (χ1n) is 5.28. The van der Waals surface area contributed by atoms with Gasteiger partial charge in [-0.3, -0.25) is 0 Å². The quantitative estimate of drug-likeness (QED) is 0.807. The second-order valence-electron chi connectivity index (χ2n) is 4.22. The molecule has 2 unspecified atom stereocenters. The highest BCUT2D eigenvalue weighted by molar-refractivity contribution is 5.27. The van der Waals surface area contributed by atoms with Crippen LogP contribution >= 0.6 is 0 Å². The number of nitrogens with two attached hydrogens (primary N) is 1. The average Bonchev–Trinajstić information content (AvgIpc) is 2.22.